The molecule has 0 spiro atoms. The lowest BCUT2D eigenvalue weighted by atomic mass is 9.84. The van der Waals surface area contributed by atoms with Crippen LogP contribution in [-0.2, 0) is 16.7 Å². The van der Waals surface area contributed by atoms with Gasteiger partial charge in [0.05, 0.1) is 32.6 Å². The fourth-order valence-electron chi connectivity index (χ4n) is 4.87. The van der Waals surface area contributed by atoms with E-state index in [2.05, 4.69) is 30.8 Å². The summed E-state index contributed by atoms with van der Waals surface area (Å²) in [7, 11) is 1.68. The van der Waals surface area contributed by atoms with Gasteiger partial charge in [0.25, 0.3) is 5.65 Å². The van der Waals surface area contributed by atoms with Gasteiger partial charge in [-0.3, -0.25) is 10.5 Å². The number of methoxy groups -OCH3 is 1. The lowest BCUT2D eigenvalue weighted by Crippen LogP contribution is -2.42. The number of ketones is 1. The van der Waals surface area contributed by atoms with Crippen molar-refractivity contribution in [1.82, 2.24) is 14.7 Å². The summed E-state index contributed by atoms with van der Waals surface area (Å²) in [6.45, 7) is 11.6. The SMILES string of the molecule is CCOc1cc(C2CC2)c2n[n+](CC(=O)c3cc(N4CCOCC4)c(OC)c(C(C)(C)C)c3)c(N)n2n1. The monoisotopic (exact) mass is 509 g/mol. The fourth-order valence-corrected chi connectivity index (χ4v) is 4.87. The molecule has 2 aromatic heterocycles. The van der Waals surface area contributed by atoms with E-state index in [1.54, 1.807) is 16.3 Å². The third kappa shape index (κ3) is 4.94. The number of carbonyl (C=O) groups is 1. The number of hydrogen-bond acceptors (Lipinski definition) is 8. The van der Waals surface area contributed by atoms with E-state index in [1.165, 1.54) is 0 Å². The third-order valence-electron chi connectivity index (χ3n) is 6.99. The molecule has 10 heteroatoms. The largest absolute Gasteiger partial charge is 0.494 e. The summed E-state index contributed by atoms with van der Waals surface area (Å²) in [5.41, 5.74) is 10.5. The zero-order valence-electron chi connectivity index (χ0n) is 22.4. The molecule has 2 aliphatic rings. The van der Waals surface area contributed by atoms with Gasteiger partial charge in [-0.15, -0.1) is 4.68 Å². The van der Waals surface area contributed by atoms with Crippen molar-refractivity contribution in [2.45, 2.75) is 58.4 Å². The second kappa shape index (κ2) is 9.81. The fraction of sp³-hybridized carbons (Fsp3) is 0.556. The number of fused-ring (bicyclic) bond motifs is 1. The first-order chi connectivity index (χ1) is 17.7. The number of morpholine rings is 1. The van der Waals surface area contributed by atoms with E-state index in [1.807, 2.05) is 25.1 Å². The summed E-state index contributed by atoms with van der Waals surface area (Å²) in [6, 6.07) is 5.82. The first-order valence-corrected chi connectivity index (χ1v) is 13.0. The number of hydrogen-bond donors (Lipinski definition) is 1. The molecule has 2 N–H and O–H groups in total. The van der Waals surface area contributed by atoms with E-state index in [9.17, 15) is 4.79 Å². The van der Waals surface area contributed by atoms with Crippen molar-refractivity contribution in [3.05, 3.63) is 34.9 Å². The Morgan fingerprint density at radius 2 is 1.95 bits per heavy atom. The molecule has 0 unspecified atom stereocenters. The average molecular weight is 510 g/mol. The average Bonchev–Trinajstić information content (AvgIpc) is 3.68. The summed E-state index contributed by atoms with van der Waals surface area (Å²) in [5.74, 6) is 1.94. The highest BCUT2D eigenvalue weighted by Crippen LogP contribution is 2.43. The quantitative estimate of drug-likeness (QED) is 0.365. The van der Waals surface area contributed by atoms with Crippen molar-refractivity contribution in [3.63, 3.8) is 0 Å². The Kier molecular flexibility index (Phi) is 6.70. The van der Waals surface area contributed by atoms with Crippen molar-refractivity contribution >= 4 is 23.1 Å². The molecule has 2 fully saturated rings. The van der Waals surface area contributed by atoms with E-state index in [4.69, 9.17) is 25.0 Å². The zero-order chi connectivity index (χ0) is 26.3. The molecule has 3 aromatic rings. The summed E-state index contributed by atoms with van der Waals surface area (Å²) in [6.07, 6.45) is 2.20. The topological polar surface area (TPSA) is 108 Å². The number of Topliss-reactive ketones (excluding diaryl/α,β-unsaturated/α-hetero) is 1. The van der Waals surface area contributed by atoms with Crippen LogP contribution in [0.15, 0.2) is 18.2 Å². The number of anilines is 2. The molecule has 1 saturated carbocycles. The Hall–Kier alpha value is -3.40. The lowest BCUT2D eigenvalue weighted by Gasteiger charge is -2.33. The standard InChI is InChI=1S/C27H36N6O4/c1-6-37-23-15-19(17-7-8-17)25-30-32(26(28)33(25)29-23)16-22(34)18-13-20(27(2,3)4)24(35-5)21(14-18)31-9-11-36-12-10-31/h13-15,17,28H,6-12,16H2,1-5H3/p+1. The van der Waals surface area contributed by atoms with Crippen molar-refractivity contribution < 1.29 is 23.7 Å². The van der Waals surface area contributed by atoms with E-state index >= 15 is 0 Å². The molecule has 0 bridgehead atoms. The first kappa shape index (κ1) is 25.3. The molecule has 0 amide bonds. The number of carbonyl (C=O) groups excluding carboxylic acids is 1. The molecule has 0 radical (unpaired) electrons. The Balaban J connectivity index is 1.54. The Labute approximate surface area is 217 Å². The minimum Gasteiger partial charge on any atom is -0.494 e. The molecular formula is C27H37N6O4+. The van der Waals surface area contributed by atoms with Crippen LogP contribution in [0, 0.1) is 0 Å². The van der Waals surface area contributed by atoms with Gasteiger partial charge in [0.2, 0.25) is 5.88 Å². The number of nitrogens with zero attached hydrogens (tertiary/aromatic N) is 5. The van der Waals surface area contributed by atoms with E-state index in [0.717, 1.165) is 48.5 Å². The molecule has 198 valence electrons. The van der Waals surface area contributed by atoms with Gasteiger partial charge in [-0.2, -0.15) is 0 Å². The Morgan fingerprint density at radius 1 is 1.22 bits per heavy atom. The van der Waals surface area contributed by atoms with Gasteiger partial charge in [0.1, 0.15) is 5.75 Å². The van der Waals surface area contributed by atoms with Gasteiger partial charge in [0, 0.05) is 35.8 Å². The minimum absolute atomic E-state index is 0.00172. The van der Waals surface area contributed by atoms with Crippen LogP contribution < -0.4 is 24.8 Å². The first-order valence-electron chi connectivity index (χ1n) is 13.0. The van der Waals surface area contributed by atoms with Crippen LogP contribution in [0.2, 0.25) is 0 Å². The van der Waals surface area contributed by atoms with Crippen LogP contribution in [0.5, 0.6) is 11.6 Å². The zero-order valence-corrected chi connectivity index (χ0v) is 22.4. The highest BCUT2D eigenvalue weighted by molar-refractivity contribution is 5.97. The third-order valence-corrected chi connectivity index (χ3v) is 6.99. The van der Waals surface area contributed by atoms with Crippen molar-refractivity contribution in [1.29, 1.82) is 0 Å². The van der Waals surface area contributed by atoms with Crippen LogP contribution >= 0.6 is 0 Å². The summed E-state index contributed by atoms with van der Waals surface area (Å²) >= 11 is 0. The Bertz CT molecular complexity index is 1320. The smallest absolute Gasteiger partial charge is 0.401 e. The van der Waals surface area contributed by atoms with Crippen LogP contribution in [0.4, 0.5) is 11.6 Å². The van der Waals surface area contributed by atoms with Gasteiger partial charge in [-0.25, -0.2) is 0 Å². The summed E-state index contributed by atoms with van der Waals surface area (Å²) < 4.78 is 20.2. The maximum absolute atomic E-state index is 13.7. The number of nitrogens with two attached hydrogens (primary N) is 1. The van der Waals surface area contributed by atoms with Crippen LogP contribution in [0.3, 0.4) is 0 Å². The predicted octanol–water partition coefficient (Wildman–Crippen LogP) is 2.90. The molecule has 37 heavy (non-hydrogen) atoms. The number of benzene rings is 1. The molecule has 1 aromatic carbocycles. The number of ether oxygens (including phenoxy) is 3. The van der Waals surface area contributed by atoms with E-state index < -0.39 is 0 Å². The van der Waals surface area contributed by atoms with Gasteiger partial charge < -0.3 is 19.1 Å². The van der Waals surface area contributed by atoms with E-state index in [-0.39, 0.29) is 17.7 Å². The van der Waals surface area contributed by atoms with Gasteiger partial charge in [0.15, 0.2) is 12.3 Å². The molecule has 3 heterocycles. The second-order valence-electron chi connectivity index (χ2n) is 10.7. The second-order valence-corrected chi connectivity index (χ2v) is 10.7. The van der Waals surface area contributed by atoms with Crippen molar-refractivity contribution in [2.75, 3.05) is 50.7 Å². The molecule has 1 aliphatic carbocycles. The highest BCUT2D eigenvalue weighted by Gasteiger charge is 2.33. The van der Waals surface area contributed by atoms with Gasteiger partial charge in [-0.05, 0) is 43.2 Å². The normalized spacial score (nSPS) is 16.3. The van der Waals surface area contributed by atoms with Gasteiger partial charge >= 0.3 is 5.95 Å². The lowest BCUT2D eigenvalue weighted by molar-refractivity contribution is -0.723. The highest BCUT2D eigenvalue weighted by atomic mass is 16.5. The van der Waals surface area contributed by atoms with Crippen molar-refractivity contribution in [3.8, 4) is 11.6 Å². The predicted molar refractivity (Wildman–Crippen MR) is 140 cm³/mol. The van der Waals surface area contributed by atoms with Crippen LogP contribution in [0.1, 0.15) is 67.9 Å². The summed E-state index contributed by atoms with van der Waals surface area (Å²) in [4.78, 5) is 15.9. The van der Waals surface area contributed by atoms with E-state index in [0.29, 0.717) is 48.8 Å². The maximum atomic E-state index is 13.7. The van der Waals surface area contributed by atoms with Crippen molar-refractivity contribution in [2.24, 2.45) is 0 Å². The molecule has 10 nitrogen and oxygen atoms in total. The summed E-state index contributed by atoms with van der Waals surface area (Å²) in [5, 5.41) is 9.24. The molecule has 1 aliphatic heterocycles. The number of nitrogen functional groups attached to an aromatic ring is 1. The minimum atomic E-state index is -0.226. The van der Waals surface area contributed by atoms with Crippen LogP contribution in [0.25, 0.3) is 5.65 Å². The Morgan fingerprint density at radius 3 is 2.57 bits per heavy atom. The van der Waals surface area contributed by atoms with Gasteiger partial charge in [-0.1, -0.05) is 35.5 Å². The number of aromatic nitrogens is 4. The molecular weight excluding hydrogens is 472 g/mol. The van der Waals surface area contributed by atoms with Crippen LogP contribution in [-0.4, -0.2) is 60.5 Å². The number of rotatable bonds is 8. The molecule has 0 atom stereocenters. The molecule has 5 rings (SSSR count). The molecule has 1 saturated heterocycles. The maximum Gasteiger partial charge on any atom is 0.401 e.